The Labute approximate surface area is 198 Å². The van der Waals surface area contributed by atoms with Gasteiger partial charge in [0.15, 0.2) is 0 Å². The molecule has 0 radical (unpaired) electrons. The molecule has 7 nitrogen and oxygen atoms in total. The van der Waals surface area contributed by atoms with Gasteiger partial charge in [0.05, 0.1) is 24.9 Å². The first-order valence-corrected chi connectivity index (χ1v) is 12.0. The molecule has 0 bridgehead atoms. The Morgan fingerprint density at radius 2 is 2.15 bits per heavy atom. The van der Waals surface area contributed by atoms with E-state index < -0.39 is 0 Å². The number of rotatable bonds is 8. The Morgan fingerprint density at radius 1 is 1.30 bits per heavy atom. The predicted octanol–water partition coefficient (Wildman–Crippen LogP) is 4.24. The summed E-state index contributed by atoms with van der Waals surface area (Å²) in [7, 11) is 5.76. The van der Waals surface area contributed by atoms with Gasteiger partial charge in [0.1, 0.15) is 18.1 Å². The molecule has 8 heteroatoms. The number of aromatic amines is 1. The highest BCUT2D eigenvalue weighted by molar-refractivity contribution is 7.99. The number of nitrogens with zero attached hydrogens (tertiary/aromatic N) is 2. The van der Waals surface area contributed by atoms with Crippen LogP contribution in [0.3, 0.4) is 0 Å². The van der Waals surface area contributed by atoms with E-state index in [0.29, 0.717) is 13.0 Å². The lowest BCUT2D eigenvalue weighted by Gasteiger charge is -2.25. The van der Waals surface area contributed by atoms with Crippen molar-refractivity contribution in [3.63, 3.8) is 0 Å². The van der Waals surface area contributed by atoms with Crippen LogP contribution in [0.4, 0.5) is 5.69 Å². The fourth-order valence-corrected chi connectivity index (χ4v) is 4.95. The second-order valence-electron chi connectivity index (χ2n) is 8.45. The largest absolute Gasteiger partial charge is 0.497 e. The molecule has 0 fully saturated rings. The van der Waals surface area contributed by atoms with E-state index in [1.165, 1.54) is 0 Å². The van der Waals surface area contributed by atoms with E-state index in [2.05, 4.69) is 40.6 Å². The monoisotopic (exact) mass is 466 g/mol. The standard InChI is InChI=1S/C25H30N4O3S/c1-16-21(14-26-28-16)17-5-7-22(24(13-17)33-10-9-29(2)3)27-25(30)19-11-18-12-20(31-4)6-8-23(18)32-15-19/h5-8,12-14,19H,9-11,15H2,1-4H3,(H,26,28)(H,27,30). The van der Waals surface area contributed by atoms with E-state index in [-0.39, 0.29) is 11.8 Å². The lowest BCUT2D eigenvalue weighted by atomic mass is 9.95. The Hall–Kier alpha value is -2.97. The first-order chi connectivity index (χ1) is 15.9. The minimum Gasteiger partial charge on any atom is -0.497 e. The van der Waals surface area contributed by atoms with Gasteiger partial charge in [0.2, 0.25) is 5.91 Å². The van der Waals surface area contributed by atoms with Crippen molar-refractivity contribution < 1.29 is 14.3 Å². The third kappa shape index (κ3) is 5.51. The molecule has 1 amide bonds. The van der Waals surface area contributed by atoms with Gasteiger partial charge in [-0.2, -0.15) is 5.10 Å². The van der Waals surface area contributed by atoms with Crippen LogP contribution in [0.1, 0.15) is 11.3 Å². The fraction of sp³-hybridized carbons (Fsp3) is 0.360. The van der Waals surface area contributed by atoms with Gasteiger partial charge in [-0.05, 0) is 68.9 Å². The highest BCUT2D eigenvalue weighted by Crippen LogP contribution is 2.35. The van der Waals surface area contributed by atoms with E-state index in [1.54, 1.807) is 18.9 Å². The van der Waals surface area contributed by atoms with Gasteiger partial charge in [-0.3, -0.25) is 9.89 Å². The maximum absolute atomic E-state index is 13.2. The van der Waals surface area contributed by atoms with Gasteiger partial charge in [-0.15, -0.1) is 11.8 Å². The number of aromatic nitrogens is 2. The van der Waals surface area contributed by atoms with E-state index in [1.807, 2.05) is 43.5 Å². The predicted molar refractivity (Wildman–Crippen MR) is 132 cm³/mol. The molecule has 1 aliphatic heterocycles. The summed E-state index contributed by atoms with van der Waals surface area (Å²) in [4.78, 5) is 16.4. The molecule has 1 aliphatic rings. The Bertz CT molecular complexity index is 1130. The number of fused-ring (bicyclic) bond motifs is 1. The summed E-state index contributed by atoms with van der Waals surface area (Å²) in [5.41, 5.74) is 4.98. The normalized spacial score (nSPS) is 15.1. The maximum atomic E-state index is 13.2. The van der Waals surface area contributed by atoms with Gasteiger partial charge < -0.3 is 19.7 Å². The maximum Gasteiger partial charge on any atom is 0.231 e. The number of thioether (sulfide) groups is 1. The van der Waals surface area contributed by atoms with Crippen LogP contribution in [0.25, 0.3) is 11.1 Å². The summed E-state index contributed by atoms with van der Waals surface area (Å²) in [6.07, 6.45) is 2.45. The zero-order valence-corrected chi connectivity index (χ0v) is 20.3. The van der Waals surface area contributed by atoms with Crippen LogP contribution < -0.4 is 14.8 Å². The molecule has 0 aliphatic carbocycles. The molecule has 3 aromatic rings. The van der Waals surface area contributed by atoms with Crippen molar-refractivity contribution in [3.8, 4) is 22.6 Å². The molecule has 4 rings (SSSR count). The molecule has 33 heavy (non-hydrogen) atoms. The van der Waals surface area contributed by atoms with Crippen LogP contribution in [0.5, 0.6) is 11.5 Å². The summed E-state index contributed by atoms with van der Waals surface area (Å²) in [5.74, 6) is 2.21. The second kappa shape index (κ2) is 10.3. The molecule has 2 aromatic carbocycles. The molecular formula is C25H30N4O3S. The summed E-state index contributed by atoms with van der Waals surface area (Å²) in [6, 6.07) is 11.9. The number of methoxy groups -OCH3 is 1. The molecule has 174 valence electrons. The van der Waals surface area contributed by atoms with Gasteiger partial charge >= 0.3 is 0 Å². The number of carbonyl (C=O) groups excluding carboxylic acids is 1. The lowest BCUT2D eigenvalue weighted by molar-refractivity contribution is -0.121. The van der Waals surface area contributed by atoms with E-state index in [4.69, 9.17) is 9.47 Å². The minimum absolute atomic E-state index is 0.0369. The number of hydrogen-bond acceptors (Lipinski definition) is 6. The molecular weight excluding hydrogens is 436 g/mol. The summed E-state index contributed by atoms with van der Waals surface area (Å²) < 4.78 is 11.2. The highest BCUT2D eigenvalue weighted by atomic mass is 32.2. The van der Waals surface area contributed by atoms with Crippen molar-refractivity contribution in [1.29, 1.82) is 0 Å². The number of nitrogens with one attached hydrogen (secondary N) is 2. The van der Waals surface area contributed by atoms with Crippen molar-refractivity contribution >= 4 is 23.4 Å². The zero-order valence-electron chi connectivity index (χ0n) is 19.5. The smallest absolute Gasteiger partial charge is 0.231 e. The van der Waals surface area contributed by atoms with Gasteiger partial charge in [-0.1, -0.05) is 6.07 Å². The first-order valence-electron chi connectivity index (χ1n) is 11.0. The van der Waals surface area contributed by atoms with Crippen molar-refractivity contribution in [2.24, 2.45) is 5.92 Å². The number of hydrogen-bond donors (Lipinski definition) is 2. The Kier molecular flexibility index (Phi) is 7.25. The third-order valence-corrected chi connectivity index (χ3v) is 6.76. The quantitative estimate of drug-likeness (QED) is 0.484. The molecule has 1 aromatic heterocycles. The van der Waals surface area contributed by atoms with Gasteiger partial charge in [0, 0.05) is 28.5 Å². The average Bonchev–Trinajstić information content (AvgIpc) is 3.24. The Morgan fingerprint density at radius 3 is 2.88 bits per heavy atom. The third-order valence-electron chi connectivity index (χ3n) is 5.72. The lowest BCUT2D eigenvalue weighted by Crippen LogP contribution is -2.32. The molecule has 0 saturated heterocycles. The Balaban J connectivity index is 1.53. The summed E-state index contributed by atoms with van der Waals surface area (Å²) >= 11 is 1.74. The first kappa shape index (κ1) is 23.2. The van der Waals surface area contributed by atoms with Crippen molar-refractivity contribution in [2.45, 2.75) is 18.2 Å². The van der Waals surface area contributed by atoms with Crippen LogP contribution in [-0.2, 0) is 11.2 Å². The fourth-order valence-electron chi connectivity index (χ4n) is 3.79. The van der Waals surface area contributed by atoms with Crippen LogP contribution in [0.2, 0.25) is 0 Å². The molecule has 0 saturated carbocycles. The van der Waals surface area contributed by atoms with Crippen molar-refractivity contribution in [2.75, 3.05) is 45.4 Å². The molecule has 2 N–H and O–H groups in total. The molecule has 1 unspecified atom stereocenters. The number of ether oxygens (including phenoxy) is 2. The number of anilines is 1. The van der Waals surface area contributed by atoms with E-state index in [0.717, 1.165) is 56.8 Å². The highest BCUT2D eigenvalue weighted by Gasteiger charge is 2.27. The van der Waals surface area contributed by atoms with Gasteiger partial charge in [0.25, 0.3) is 0 Å². The van der Waals surface area contributed by atoms with Crippen LogP contribution in [0, 0.1) is 12.8 Å². The van der Waals surface area contributed by atoms with Crippen molar-refractivity contribution in [1.82, 2.24) is 15.1 Å². The average molecular weight is 467 g/mol. The second-order valence-corrected chi connectivity index (χ2v) is 9.58. The summed E-state index contributed by atoms with van der Waals surface area (Å²) in [6.45, 7) is 3.31. The van der Waals surface area contributed by atoms with Crippen LogP contribution in [0.15, 0.2) is 47.5 Å². The van der Waals surface area contributed by atoms with Crippen LogP contribution in [-0.4, -0.2) is 61.1 Å². The van der Waals surface area contributed by atoms with E-state index >= 15 is 0 Å². The van der Waals surface area contributed by atoms with E-state index in [9.17, 15) is 4.79 Å². The minimum atomic E-state index is -0.264. The SMILES string of the molecule is COc1ccc2c(c1)CC(C(=O)Nc1ccc(-c3cn[nH]c3C)cc1SCCN(C)C)CO2. The van der Waals surface area contributed by atoms with Crippen molar-refractivity contribution in [3.05, 3.63) is 53.9 Å². The number of aryl methyl sites for hydroxylation is 1. The number of carbonyl (C=O) groups is 1. The van der Waals surface area contributed by atoms with Gasteiger partial charge in [-0.25, -0.2) is 0 Å². The summed E-state index contributed by atoms with van der Waals surface area (Å²) in [5, 5.41) is 10.3. The number of benzene rings is 2. The molecule has 1 atom stereocenters. The molecule has 0 spiro atoms. The topological polar surface area (TPSA) is 79.5 Å². The number of amides is 1. The van der Waals surface area contributed by atoms with Crippen LogP contribution >= 0.6 is 11.8 Å². The zero-order chi connectivity index (χ0) is 23.4. The molecule has 2 heterocycles. The number of H-pyrrole nitrogens is 1.